The molecule has 0 radical (unpaired) electrons. The quantitative estimate of drug-likeness (QED) is 0.137. The number of fused-ring (bicyclic) bond motifs is 6. The molecule has 7 aliphatic heterocycles. The van der Waals surface area contributed by atoms with Crippen molar-refractivity contribution in [2.45, 2.75) is 88.0 Å². The lowest BCUT2D eigenvalue weighted by molar-refractivity contribution is -0.136. The van der Waals surface area contributed by atoms with E-state index in [2.05, 4.69) is 48.1 Å². The van der Waals surface area contributed by atoms with Crippen molar-refractivity contribution >= 4 is 56.8 Å². The number of benzene rings is 3. The zero-order valence-electron chi connectivity index (χ0n) is 42.6. The number of pyridine rings is 1. The van der Waals surface area contributed by atoms with Gasteiger partial charge in [0.05, 0.1) is 22.2 Å². The van der Waals surface area contributed by atoms with E-state index in [9.17, 15) is 19.2 Å². The number of likely N-dealkylation sites (tertiary alicyclic amines) is 1. The van der Waals surface area contributed by atoms with Crippen LogP contribution in [0.1, 0.15) is 84.1 Å². The number of imide groups is 2. The first kappa shape index (κ1) is 48.1. The standard InChI is InChI=1S/C58H64FN11O5/c1-3-35-7-4-8-36-9-5-10-43(49(35)36)52-51(59)53-45(28-60-52)54(69-30-39-25-37-13-14-38(37)26-40(31-69)61-39)64-58(63-53)75-33-42-27-41(32-65(42)2)67-23-21-66(22-24-67)29-34-17-19-68(20-18-34)46-12-6-11-44-50(46)57(74)70(56(44)73)47-15-16-48(71)62-55(47)72/h1,4-12,28,34,37-42,47,61H,13-27,29-33H2,2H3,(H,62,71,72)/t37?,38?,39?,40?,41-,42-,47?/m0/s1. The Kier molecular flexibility index (Phi) is 12.5. The molecule has 5 aromatic rings. The summed E-state index contributed by atoms with van der Waals surface area (Å²) >= 11 is 0. The average Bonchev–Trinajstić information content (AvgIpc) is 3.90. The molecule has 7 atom stereocenters. The molecule has 13 rings (SSSR count). The molecule has 0 spiro atoms. The summed E-state index contributed by atoms with van der Waals surface area (Å²) in [6, 6.07) is 17.3. The summed E-state index contributed by atoms with van der Waals surface area (Å²) in [6.07, 6.45) is 15.7. The molecule has 2 aromatic heterocycles. The number of hydrogen-bond donors (Lipinski definition) is 2. The zero-order valence-corrected chi connectivity index (χ0v) is 42.6. The molecule has 9 heterocycles. The first-order valence-corrected chi connectivity index (χ1v) is 27.3. The van der Waals surface area contributed by atoms with E-state index in [1.54, 1.807) is 12.3 Å². The molecule has 6 saturated heterocycles. The fraction of sp³-hybridized carbons (Fsp3) is 0.500. The minimum absolute atomic E-state index is 0.0891. The number of likely N-dealkylation sites (N-methyl/N-ethyl adjacent to an activating group) is 1. The van der Waals surface area contributed by atoms with Crippen LogP contribution in [0.3, 0.4) is 0 Å². The molecule has 2 N–H and O–H groups in total. The third-order valence-corrected chi connectivity index (χ3v) is 18.3. The third-order valence-electron chi connectivity index (χ3n) is 18.3. The molecular weight excluding hydrogens is 950 g/mol. The van der Waals surface area contributed by atoms with E-state index in [-0.39, 0.29) is 42.0 Å². The summed E-state index contributed by atoms with van der Waals surface area (Å²) in [5, 5.41) is 8.50. The molecule has 7 fully saturated rings. The van der Waals surface area contributed by atoms with E-state index >= 15 is 4.39 Å². The molecule has 4 amide bonds. The predicted octanol–water partition coefficient (Wildman–Crippen LogP) is 5.32. The number of carbonyl (C=O) groups is 4. The summed E-state index contributed by atoms with van der Waals surface area (Å²) in [7, 11) is 2.16. The first-order valence-electron chi connectivity index (χ1n) is 27.3. The number of nitrogens with one attached hydrogen (secondary N) is 2. The number of nitrogens with zero attached hydrogens (tertiary/aromatic N) is 9. The summed E-state index contributed by atoms with van der Waals surface area (Å²) in [4.78, 5) is 79.7. The van der Waals surface area contributed by atoms with Crippen LogP contribution in [0, 0.1) is 35.9 Å². The maximum Gasteiger partial charge on any atom is 0.319 e. The molecule has 17 heteroatoms. The number of piperidine rings is 2. The lowest BCUT2D eigenvalue weighted by atomic mass is 9.69. The minimum Gasteiger partial charge on any atom is -0.462 e. The number of hydrogen-bond acceptors (Lipinski definition) is 14. The topological polar surface area (TPSA) is 160 Å². The Morgan fingerprint density at radius 2 is 1.53 bits per heavy atom. The predicted molar refractivity (Wildman–Crippen MR) is 283 cm³/mol. The molecule has 1 saturated carbocycles. The van der Waals surface area contributed by atoms with Crippen molar-refractivity contribution in [3.05, 3.63) is 83.3 Å². The Hall–Kier alpha value is -6.58. The average molecular weight is 1010 g/mol. The van der Waals surface area contributed by atoms with Crippen LogP contribution in [-0.4, -0.2) is 167 Å². The normalized spacial score (nSPS) is 27.8. The van der Waals surface area contributed by atoms with E-state index in [4.69, 9.17) is 26.1 Å². The van der Waals surface area contributed by atoms with Crippen LogP contribution in [0.2, 0.25) is 0 Å². The van der Waals surface area contributed by atoms with Crippen molar-refractivity contribution in [1.29, 1.82) is 0 Å². The molecule has 8 aliphatic rings. The van der Waals surface area contributed by atoms with Gasteiger partial charge in [-0.3, -0.25) is 44.2 Å². The highest BCUT2D eigenvalue weighted by Crippen LogP contribution is 2.45. The minimum atomic E-state index is -0.986. The van der Waals surface area contributed by atoms with Gasteiger partial charge in [0, 0.05) is 119 Å². The van der Waals surface area contributed by atoms with E-state index in [0.717, 1.165) is 131 Å². The largest absolute Gasteiger partial charge is 0.462 e. The number of halogens is 1. The van der Waals surface area contributed by atoms with Gasteiger partial charge in [0.25, 0.3) is 11.8 Å². The number of terminal acetylenes is 1. The van der Waals surface area contributed by atoms with Crippen LogP contribution >= 0.6 is 0 Å². The maximum absolute atomic E-state index is 17.3. The van der Waals surface area contributed by atoms with Crippen LogP contribution < -0.4 is 25.2 Å². The van der Waals surface area contributed by atoms with Gasteiger partial charge in [0.15, 0.2) is 5.82 Å². The van der Waals surface area contributed by atoms with E-state index in [1.807, 2.05) is 48.5 Å². The van der Waals surface area contributed by atoms with Gasteiger partial charge in [-0.05, 0) is 99.8 Å². The van der Waals surface area contributed by atoms with Gasteiger partial charge in [0.1, 0.15) is 29.7 Å². The van der Waals surface area contributed by atoms with Crippen LogP contribution in [-0.2, 0) is 9.59 Å². The second kappa shape index (κ2) is 19.5. The van der Waals surface area contributed by atoms with Crippen molar-refractivity contribution in [2.75, 3.05) is 88.9 Å². The zero-order chi connectivity index (χ0) is 51.1. The van der Waals surface area contributed by atoms with Crippen molar-refractivity contribution in [2.24, 2.45) is 17.8 Å². The molecule has 16 nitrogen and oxygen atoms in total. The van der Waals surface area contributed by atoms with Gasteiger partial charge < -0.3 is 24.8 Å². The van der Waals surface area contributed by atoms with Gasteiger partial charge in [0.2, 0.25) is 11.8 Å². The summed E-state index contributed by atoms with van der Waals surface area (Å²) in [5.74, 6) is 3.09. The summed E-state index contributed by atoms with van der Waals surface area (Å²) < 4.78 is 23.9. The van der Waals surface area contributed by atoms with Gasteiger partial charge in [-0.1, -0.05) is 42.3 Å². The lowest BCUT2D eigenvalue weighted by Gasteiger charge is -2.41. The Morgan fingerprint density at radius 1 is 0.800 bits per heavy atom. The van der Waals surface area contributed by atoms with Crippen molar-refractivity contribution in [1.82, 2.24) is 45.2 Å². The lowest BCUT2D eigenvalue weighted by Crippen LogP contribution is -2.56. The van der Waals surface area contributed by atoms with Gasteiger partial charge >= 0.3 is 6.01 Å². The first-order chi connectivity index (χ1) is 36.5. The Bertz CT molecular complexity index is 3140. The van der Waals surface area contributed by atoms with Crippen LogP contribution in [0.4, 0.5) is 15.9 Å². The SMILES string of the molecule is C#Cc1cccc2cccc(-c3ncc4c(N5CC6CC7CCC7CC(C5)N6)nc(OC[C@@H]5C[C@H](N6CCN(CC7CCN(c8cccc9c8C(=O)N(C8CCC(=O)NC8=O)C9=O)CC7)CC6)CN5C)nc4c3F)c12. The molecule has 2 bridgehead atoms. The highest BCUT2D eigenvalue weighted by molar-refractivity contribution is 6.25. The van der Waals surface area contributed by atoms with Crippen molar-refractivity contribution < 1.29 is 28.3 Å². The van der Waals surface area contributed by atoms with Gasteiger partial charge in [-0.15, -0.1) is 6.42 Å². The highest BCUT2D eigenvalue weighted by atomic mass is 19.1. The smallest absolute Gasteiger partial charge is 0.319 e. The Morgan fingerprint density at radius 3 is 2.27 bits per heavy atom. The van der Waals surface area contributed by atoms with Crippen molar-refractivity contribution in [3.8, 4) is 29.6 Å². The Labute approximate surface area is 436 Å². The monoisotopic (exact) mass is 1010 g/mol. The fourth-order valence-electron chi connectivity index (χ4n) is 14.1. The molecule has 75 heavy (non-hydrogen) atoms. The summed E-state index contributed by atoms with van der Waals surface area (Å²) in [5.41, 5.74) is 3.13. The molecule has 3 aromatic carbocycles. The van der Waals surface area contributed by atoms with E-state index in [0.29, 0.717) is 64.1 Å². The molecule has 1 aliphatic carbocycles. The third kappa shape index (κ3) is 8.77. The van der Waals surface area contributed by atoms with E-state index < -0.39 is 29.6 Å². The van der Waals surface area contributed by atoms with Gasteiger partial charge in [-0.25, -0.2) is 4.39 Å². The summed E-state index contributed by atoms with van der Waals surface area (Å²) in [6.45, 7) is 9.40. The van der Waals surface area contributed by atoms with Crippen LogP contribution in [0.25, 0.3) is 32.9 Å². The molecule has 388 valence electrons. The number of aromatic nitrogens is 3. The van der Waals surface area contributed by atoms with E-state index in [1.165, 1.54) is 12.8 Å². The molecule has 5 unspecified atom stereocenters. The number of rotatable bonds is 10. The second-order valence-electron chi connectivity index (χ2n) is 22.6. The maximum atomic E-state index is 17.3. The highest BCUT2D eigenvalue weighted by Gasteiger charge is 2.47. The van der Waals surface area contributed by atoms with Crippen LogP contribution in [0.5, 0.6) is 6.01 Å². The van der Waals surface area contributed by atoms with Crippen LogP contribution in [0.15, 0.2) is 60.8 Å². The number of anilines is 2. The number of piperazine rings is 2. The van der Waals surface area contributed by atoms with Crippen molar-refractivity contribution in [3.63, 3.8) is 0 Å². The number of ether oxygens (including phenoxy) is 1. The number of carbonyl (C=O) groups excluding carboxylic acids is 4. The Balaban J connectivity index is 0.656. The van der Waals surface area contributed by atoms with Gasteiger partial charge in [-0.2, -0.15) is 9.97 Å². The second-order valence-corrected chi connectivity index (χ2v) is 22.6. The fourth-order valence-corrected chi connectivity index (χ4v) is 14.1. The number of amides is 4. The molecular formula is C58H64FN11O5.